The number of nitrogens with zero attached hydrogens (tertiary/aromatic N) is 1. The predicted octanol–water partition coefficient (Wildman–Crippen LogP) is 2.92. The van der Waals surface area contributed by atoms with Crippen LogP contribution < -0.4 is 0 Å². The summed E-state index contributed by atoms with van der Waals surface area (Å²) in [7, 11) is 0. The van der Waals surface area contributed by atoms with Gasteiger partial charge in [0, 0.05) is 10.0 Å². The Morgan fingerprint density at radius 3 is 2.64 bits per heavy atom. The Morgan fingerprint density at radius 1 is 1.29 bits per heavy atom. The van der Waals surface area contributed by atoms with E-state index in [9.17, 15) is 4.79 Å². The molecule has 0 aliphatic rings. The average molecular weight is 252 g/mol. The van der Waals surface area contributed by atoms with Gasteiger partial charge in [0.15, 0.2) is 12.0 Å². The Hall–Kier alpha value is -1.42. The van der Waals surface area contributed by atoms with Crippen molar-refractivity contribution < 1.29 is 9.32 Å². The van der Waals surface area contributed by atoms with Crippen molar-refractivity contribution >= 4 is 22.2 Å². The maximum Gasteiger partial charge on any atom is 0.177 e. The number of rotatable bonds is 2. The van der Waals surface area contributed by atoms with E-state index in [2.05, 4.69) is 21.1 Å². The van der Waals surface area contributed by atoms with Crippen LogP contribution in [0.3, 0.4) is 0 Å². The summed E-state index contributed by atoms with van der Waals surface area (Å²) in [6.07, 6.45) is 2.14. The van der Waals surface area contributed by atoms with Crippen molar-refractivity contribution in [1.29, 1.82) is 0 Å². The molecule has 0 unspecified atom stereocenters. The molecule has 0 atom stereocenters. The normalized spacial score (nSPS) is 10.1. The first kappa shape index (κ1) is 9.15. The quantitative estimate of drug-likeness (QED) is 0.771. The molecule has 1 aromatic carbocycles. The molecular formula is C10H6BrNO2. The molecule has 0 aliphatic heterocycles. The number of aromatic nitrogens is 1. The van der Waals surface area contributed by atoms with Crippen LogP contribution in [-0.2, 0) is 0 Å². The highest BCUT2D eigenvalue weighted by Crippen LogP contribution is 2.23. The van der Waals surface area contributed by atoms with Crippen molar-refractivity contribution in [3.63, 3.8) is 0 Å². The van der Waals surface area contributed by atoms with Gasteiger partial charge in [0.05, 0.1) is 11.8 Å². The molecule has 1 aromatic heterocycles. The fraction of sp³-hybridized carbons (Fsp3) is 0. The molecule has 1 heterocycles. The number of carbonyl (C=O) groups is 1. The summed E-state index contributed by atoms with van der Waals surface area (Å²) >= 11 is 3.33. The van der Waals surface area contributed by atoms with E-state index in [1.807, 2.05) is 24.3 Å². The Bertz CT molecular complexity index is 447. The number of aldehydes is 1. The average Bonchev–Trinajstić information content (AvgIpc) is 2.67. The molecular weight excluding hydrogens is 246 g/mol. The lowest BCUT2D eigenvalue weighted by atomic mass is 10.1. The van der Waals surface area contributed by atoms with E-state index < -0.39 is 0 Å². The SMILES string of the molecule is O=Cc1cnoc1-c1ccc(Br)cc1. The van der Waals surface area contributed by atoms with Crippen molar-refractivity contribution in [3.8, 4) is 11.3 Å². The largest absolute Gasteiger partial charge is 0.356 e. The monoisotopic (exact) mass is 251 g/mol. The Kier molecular flexibility index (Phi) is 2.45. The second kappa shape index (κ2) is 3.75. The Balaban J connectivity index is 2.49. The van der Waals surface area contributed by atoms with Gasteiger partial charge in [-0.25, -0.2) is 0 Å². The van der Waals surface area contributed by atoms with Crippen molar-refractivity contribution in [3.05, 3.63) is 40.5 Å². The molecule has 4 heteroatoms. The molecule has 0 spiro atoms. The van der Waals surface area contributed by atoms with Crippen LogP contribution in [0.25, 0.3) is 11.3 Å². The first-order valence-electron chi connectivity index (χ1n) is 3.97. The van der Waals surface area contributed by atoms with Gasteiger partial charge in [0.25, 0.3) is 0 Å². The van der Waals surface area contributed by atoms with Crippen molar-refractivity contribution in [2.75, 3.05) is 0 Å². The van der Waals surface area contributed by atoms with Gasteiger partial charge in [-0.15, -0.1) is 0 Å². The maximum absolute atomic E-state index is 10.6. The zero-order valence-electron chi connectivity index (χ0n) is 7.11. The molecule has 3 nitrogen and oxygen atoms in total. The van der Waals surface area contributed by atoms with E-state index in [4.69, 9.17) is 4.52 Å². The third-order valence-corrected chi connectivity index (χ3v) is 2.36. The van der Waals surface area contributed by atoms with Crippen LogP contribution in [0.4, 0.5) is 0 Å². The summed E-state index contributed by atoms with van der Waals surface area (Å²) < 4.78 is 5.96. The van der Waals surface area contributed by atoms with E-state index in [1.165, 1.54) is 6.20 Å². The van der Waals surface area contributed by atoms with Crippen LogP contribution in [-0.4, -0.2) is 11.4 Å². The second-order valence-corrected chi connectivity index (χ2v) is 3.65. The molecule has 0 aliphatic carbocycles. The Labute approximate surface area is 88.8 Å². The summed E-state index contributed by atoms with van der Waals surface area (Å²) in [6, 6.07) is 7.48. The molecule has 0 N–H and O–H groups in total. The molecule has 14 heavy (non-hydrogen) atoms. The number of hydrogen-bond acceptors (Lipinski definition) is 3. The van der Waals surface area contributed by atoms with Crippen LogP contribution in [0.5, 0.6) is 0 Å². The fourth-order valence-electron chi connectivity index (χ4n) is 1.15. The lowest BCUT2D eigenvalue weighted by Gasteiger charge is -1.96. The van der Waals surface area contributed by atoms with Crippen LogP contribution in [0.15, 0.2) is 39.5 Å². The number of halogens is 1. The van der Waals surface area contributed by atoms with Crippen molar-refractivity contribution in [1.82, 2.24) is 5.16 Å². The Morgan fingerprint density at radius 2 is 2.00 bits per heavy atom. The molecule has 0 amide bonds. The molecule has 2 aromatic rings. The molecule has 0 saturated carbocycles. The van der Waals surface area contributed by atoms with E-state index in [-0.39, 0.29) is 0 Å². The number of benzene rings is 1. The summed E-state index contributed by atoms with van der Waals surface area (Å²) in [5.41, 5.74) is 1.31. The smallest absolute Gasteiger partial charge is 0.177 e. The highest BCUT2D eigenvalue weighted by molar-refractivity contribution is 9.10. The van der Waals surface area contributed by atoms with Crippen LogP contribution in [0.2, 0.25) is 0 Å². The summed E-state index contributed by atoms with van der Waals surface area (Å²) in [4.78, 5) is 10.6. The summed E-state index contributed by atoms with van der Waals surface area (Å²) in [5, 5.41) is 3.57. The van der Waals surface area contributed by atoms with Gasteiger partial charge in [-0.2, -0.15) is 0 Å². The number of hydrogen-bond donors (Lipinski definition) is 0. The predicted molar refractivity (Wildman–Crippen MR) is 55.0 cm³/mol. The van der Waals surface area contributed by atoms with E-state index in [0.29, 0.717) is 11.3 Å². The topological polar surface area (TPSA) is 43.1 Å². The standard InChI is InChI=1S/C10H6BrNO2/c11-9-3-1-7(2-4-9)10-8(6-13)5-12-14-10/h1-6H. The highest BCUT2D eigenvalue weighted by Gasteiger charge is 2.08. The molecule has 0 fully saturated rings. The van der Waals surface area contributed by atoms with Gasteiger partial charge in [0.1, 0.15) is 0 Å². The third-order valence-electron chi connectivity index (χ3n) is 1.83. The summed E-state index contributed by atoms with van der Waals surface area (Å²) in [5.74, 6) is 0.507. The van der Waals surface area contributed by atoms with Crippen molar-refractivity contribution in [2.24, 2.45) is 0 Å². The van der Waals surface area contributed by atoms with E-state index >= 15 is 0 Å². The van der Waals surface area contributed by atoms with Gasteiger partial charge in [-0.1, -0.05) is 21.1 Å². The molecule has 0 bridgehead atoms. The van der Waals surface area contributed by atoms with Gasteiger partial charge in [-0.3, -0.25) is 4.79 Å². The second-order valence-electron chi connectivity index (χ2n) is 2.74. The van der Waals surface area contributed by atoms with Gasteiger partial charge < -0.3 is 4.52 Å². The molecule has 70 valence electrons. The molecule has 0 saturated heterocycles. The van der Waals surface area contributed by atoms with E-state index in [1.54, 1.807) is 0 Å². The highest BCUT2D eigenvalue weighted by atomic mass is 79.9. The van der Waals surface area contributed by atoms with Gasteiger partial charge in [-0.05, 0) is 24.3 Å². The minimum absolute atomic E-state index is 0.465. The first-order valence-corrected chi connectivity index (χ1v) is 4.76. The zero-order chi connectivity index (χ0) is 9.97. The zero-order valence-corrected chi connectivity index (χ0v) is 8.69. The summed E-state index contributed by atoms with van der Waals surface area (Å²) in [6.45, 7) is 0. The van der Waals surface area contributed by atoms with Crippen molar-refractivity contribution in [2.45, 2.75) is 0 Å². The van der Waals surface area contributed by atoms with Gasteiger partial charge in [0.2, 0.25) is 0 Å². The van der Waals surface area contributed by atoms with E-state index in [0.717, 1.165) is 16.3 Å². The van der Waals surface area contributed by atoms with Crippen LogP contribution in [0.1, 0.15) is 10.4 Å². The minimum Gasteiger partial charge on any atom is -0.356 e. The molecule has 0 radical (unpaired) electrons. The van der Waals surface area contributed by atoms with Crippen LogP contribution in [0, 0.1) is 0 Å². The third kappa shape index (κ3) is 1.61. The lowest BCUT2D eigenvalue weighted by molar-refractivity contribution is 0.112. The lowest BCUT2D eigenvalue weighted by Crippen LogP contribution is -1.80. The maximum atomic E-state index is 10.6. The van der Waals surface area contributed by atoms with Gasteiger partial charge >= 0.3 is 0 Å². The van der Waals surface area contributed by atoms with Crippen LogP contribution >= 0.6 is 15.9 Å². The first-order chi connectivity index (χ1) is 6.81. The minimum atomic E-state index is 0.465. The molecule has 2 rings (SSSR count). The fourth-order valence-corrected chi connectivity index (χ4v) is 1.42. The number of carbonyl (C=O) groups excluding carboxylic acids is 1.